The van der Waals surface area contributed by atoms with Crippen LogP contribution in [0.2, 0.25) is 0 Å². The molecule has 0 aromatic heterocycles. The molecule has 1 aliphatic heterocycles. The van der Waals surface area contributed by atoms with Gasteiger partial charge >= 0.3 is 5.97 Å². The molecule has 1 saturated carbocycles. The van der Waals surface area contributed by atoms with Crippen molar-refractivity contribution in [2.45, 2.75) is 24.7 Å². The number of aliphatic carboxylic acids is 1. The van der Waals surface area contributed by atoms with Gasteiger partial charge in [-0.1, -0.05) is 6.42 Å². The Morgan fingerprint density at radius 3 is 2.58 bits per heavy atom. The van der Waals surface area contributed by atoms with E-state index < -0.39 is 23.0 Å². The molecule has 0 atom stereocenters. The van der Waals surface area contributed by atoms with Crippen molar-refractivity contribution in [2.75, 3.05) is 13.2 Å². The molecule has 5 nitrogen and oxygen atoms in total. The molecule has 2 N–H and O–H groups in total. The molecule has 0 radical (unpaired) electrons. The zero-order valence-corrected chi connectivity index (χ0v) is 10.1. The number of halogens is 1. The van der Waals surface area contributed by atoms with Crippen molar-refractivity contribution in [1.29, 1.82) is 0 Å². The first-order valence-corrected chi connectivity index (χ1v) is 6.11. The van der Waals surface area contributed by atoms with Crippen LogP contribution in [0.15, 0.2) is 6.07 Å². The number of fused-ring (bicyclic) bond motifs is 1. The van der Waals surface area contributed by atoms with Crippen LogP contribution in [0.4, 0.5) is 4.39 Å². The molecular formula is C13H13FO5. The summed E-state index contributed by atoms with van der Waals surface area (Å²) in [4.78, 5) is 11.5. The lowest BCUT2D eigenvalue weighted by Gasteiger charge is -2.40. The van der Waals surface area contributed by atoms with Crippen molar-refractivity contribution in [1.82, 2.24) is 0 Å². The molecule has 6 heteroatoms. The summed E-state index contributed by atoms with van der Waals surface area (Å²) in [6.45, 7) is 0.525. The van der Waals surface area contributed by atoms with Gasteiger partial charge in [-0.25, -0.2) is 4.39 Å². The van der Waals surface area contributed by atoms with Crippen molar-refractivity contribution >= 4 is 5.97 Å². The molecule has 2 aliphatic rings. The van der Waals surface area contributed by atoms with Crippen molar-refractivity contribution < 1.29 is 28.9 Å². The van der Waals surface area contributed by atoms with Gasteiger partial charge in [0.1, 0.15) is 18.6 Å². The van der Waals surface area contributed by atoms with Crippen LogP contribution in [0, 0.1) is 5.82 Å². The number of phenols is 1. The average molecular weight is 268 g/mol. The predicted octanol–water partition coefficient (Wildman–Crippen LogP) is 1.81. The van der Waals surface area contributed by atoms with Gasteiger partial charge in [0, 0.05) is 6.07 Å². The van der Waals surface area contributed by atoms with E-state index in [1.54, 1.807) is 0 Å². The summed E-state index contributed by atoms with van der Waals surface area (Å²) in [5.74, 6) is -2.29. The largest absolute Gasteiger partial charge is 0.505 e. The first kappa shape index (κ1) is 12.1. The normalized spacial score (nSPS) is 19.6. The molecule has 19 heavy (non-hydrogen) atoms. The summed E-state index contributed by atoms with van der Waals surface area (Å²) in [6.07, 6.45) is 1.43. The van der Waals surface area contributed by atoms with Crippen LogP contribution in [-0.2, 0) is 10.2 Å². The van der Waals surface area contributed by atoms with Gasteiger partial charge < -0.3 is 19.7 Å². The van der Waals surface area contributed by atoms with Gasteiger partial charge in [-0.05, 0) is 12.8 Å². The fraction of sp³-hybridized carbons (Fsp3) is 0.462. The standard InChI is InChI=1S/C13H13FO5/c14-7-6-8-11(19-5-4-18-8)9(10(7)15)13(12(16)17)2-1-3-13/h6,15H,1-5H2,(H,16,17). The minimum Gasteiger partial charge on any atom is -0.505 e. The number of hydrogen-bond donors (Lipinski definition) is 2. The average Bonchev–Trinajstić information content (AvgIpc) is 2.32. The van der Waals surface area contributed by atoms with Gasteiger partial charge in [-0.3, -0.25) is 4.79 Å². The fourth-order valence-corrected chi connectivity index (χ4v) is 2.69. The Labute approximate surface area is 108 Å². The van der Waals surface area contributed by atoms with Crippen LogP contribution in [0.5, 0.6) is 17.2 Å². The number of phenolic OH excluding ortho intramolecular Hbond substituents is 1. The zero-order valence-electron chi connectivity index (χ0n) is 10.1. The van der Waals surface area contributed by atoms with E-state index in [1.807, 2.05) is 0 Å². The monoisotopic (exact) mass is 268 g/mol. The number of rotatable bonds is 2. The highest BCUT2D eigenvalue weighted by Crippen LogP contribution is 2.54. The van der Waals surface area contributed by atoms with Gasteiger partial charge in [0.25, 0.3) is 0 Å². The van der Waals surface area contributed by atoms with E-state index in [0.717, 1.165) is 12.5 Å². The molecule has 1 fully saturated rings. The maximum atomic E-state index is 13.7. The Balaban J connectivity index is 2.24. The summed E-state index contributed by atoms with van der Waals surface area (Å²) in [7, 11) is 0. The number of aromatic hydroxyl groups is 1. The molecule has 0 saturated heterocycles. The number of carbonyl (C=O) groups is 1. The van der Waals surface area contributed by atoms with E-state index in [2.05, 4.69) is 0 Å². The Morgan fingerprint density at radius 1 is 1.32 bits per heavy atom. The third-order valence-electron chi connectivity index (χ3n) is 3.85. The van der Waals surface area contributed by atoms with Crippen LogP contribution < -0.4 is 9.47 Å². The number of hydrogen-bond acceptors (Lipinski definition) is 4. The highest BCUT2D eigenvalue weighted by molar-refractivity contribution is 5.85. The lowest BCUT2D eigenvalue weighted by Crippen LogP contribution is -2.43. The SMILES string of the molecule is O=C(O)C1(c2c(O)c(F)cc3c2OCCO3)CCC1. The molecule has 0 unspecified atom stereocenters. The number of carboxylic acid groups (broad SMARTS) is 1. The number of benzene rings is 1. The number of ether oxygens (including phenoxy) is 2. The molecular weight excluding hydrogens is 255 g/mol. The van der Waals surface area contributed by atoms with Gasteiger partial charge in [0.2, 0.25) is 0 Å². The Bertz CT molecular complexity index is 550. The van der Waals surface area contributed by atoms with Crippen LogP contribution in [0.1, 0.15) is 24.8 Å². The van der Waals surface area contributed by atoms with E-state index in [4.69, 9.17) is 9.47 Å². The van der Waals surface area contributed by atoms with E-state index in [0.29, 0.717) is 12.8 Å². The van der Waals surface area contributed by atoms with E-state index in [-0.39, 0.29) is 30.3 Å². The minimum atomic E-state index is -1.27. The van der Waals surface area contributed by atoms with Gasteiger partial charge in [0.05, 0.1) is 5.56 Å². The first-order chi connectivity index (χ1) is 9.06. The maximum absolute atomic E-state index is 13.7. The van der Waals surface area contributed by atoms with E-state index in [9.17, 15) is 19.4 Å². The van der Waals surface area contributed by atoms with Crippen molar-refractivity contribution in [3.05, 3.63) is 17.4 Å². The first-order valence-electron chi connectivity index (χ1n) is 6.11. The molecule has 102 valence electrons. The quantitative estimate of drug-likeness (QED) is 0.855. The molecule has 1 aromatic carbocycles. The molecule has 0 bridgehead atoms. The van der Waals surface area contributed by atoms with Crippen LogP contribution in [-0.4, -0.2) is 29.4 Å². The third kappa shape index (κ3) is 1.55. The van der Waals surface area contributed by atoms with Crippen molar-refractivity contribution in [2.24, 2.45) is 0 Å². The van der Waals surface area contributed by atoms with E-state index >= 15 is 0 Å². The summed E-state index contributed by atoms with van der Waals surface area (Å²) < 4.78 is 24.4. The highest BCUT2D eigenvalue weighted by Gasteiger charge is 2.51. The highest BCUT2D eigenvalue weighted by atomic mass is 19.1. The summed E-state index contributed by atoms with van der Waals surface area (Å²) in [5.41, 5.74) is -1.25. The Kier molecular flexibility index (Phi) is 2.55. The number of carboxylic acids is 1. The Morgan fingerprint density at radius 2 is 2.00 bits per heavy atom. The van der Waals surface area contributed by atoms with Crippen LogP contribution in [0.3, 0.4) is 0 Å². The summed E-state index contributed by atoms with van der Waals surface area (Å²) in [5, 5.41) is 19.4. The molecule has 1 heterocycles. The molecule has 0 spiro atoms. The zero-order chi connectivity index (χ0) is 13.6. The summed E-state index contributed by atoms with van der Waals surface area (Å²) in [6, 6.07) is 1.03. The van der Waals surface area contributed by atoms with Crippen molar-refractivity contribution in [3.8, 4) is 17.2 Å². The lowest BCUT2D eigenvalue weighted by atomic mass is 9.63. The molecule has 3 rings (SSSR count). The third-order valence-corrected chi connectivity index (χ3v) is 3.85. The topological polar surface area (TPSA) is 76.0 Å². The maximum Gasteiger partial charge on any atom is 0.314 e. The van der Waals surface area contributed by atoms with E-state index in [1.165, 1.54) is 0 Å². The van der Waals surface area contributed by atoms with Crippen LogP contribution in [0.25, 0.3) is 0 Å². The van der Waals surface area contributed by atoms with Crippen molar-refractivity contribution in [3.63, 3.8) is 0 Å². The second kappa shape index (κ2) is 4.01. The van der Waals surface area contributed by atoms with Crippen LogP contribution >= 0.6 is 0 Å². The second-order valence-corrected chi connectivity index (χ2v) is 4.85. The van der Waals surface area contributed by atoms with Gasteiger partial charge in [0.15, 0.2) is 23.1 Å². The smallest absolute Gasteiger partial charge is 0.314 e. The summed E-state index contributed by atoms with van der Waals surface area (Å²) >= 11 is 0. The van der Waals surface area contributed by atoms with Gasteiger partial charge in [-0.2, -0.15) is 0 Å². The molecule has 1 aromatic rings. The predicted molar refractivity (Wildman–Crippen MR) is 62.2 cm³/mol. The Hall–Kier alpha value is -1.98. The minimum absolute atomic E-state index is 0.0148. The molecule has 1 aliphatic carbocycles. The lowest BCUT2D eigenvalue weighted by molar-refractivity contribution is -0.147. The molecule has 0 amide bonds. The second-order valence-electron chi connectivity index (χ2n) is 4.85. The van der Waals surface area contributed by atoms with Gasteiger partial charge in [-0.15, -0.1) is 0 Å². The fourth-order valence-electron chi connectivity index (χ4n) is 2.69.